The molecule has 166 valence electrons. The van der Waals surface area contributed by atoms with Crippen molar-refractivity contribution in [2.45, 2.75) is 104 Å². The van der Waals surface area contributed by atoms with Crippen LogP contribution in [0.5, 0.6) is 0 Å². The number of hydrogen-bond donors (Lipinski definition) is 2. The Bertz CT molecular complexity index is 805. The Kier molecular flexibility index (Phi) is 4.43. The number of allylic oxidation sites excluding steroid dienone is 1. The molecule has 3 saturated carbocycles. The van der Waals surface area contributed by atoms with Crippen molar-refractivity contribution >= 4 is 0 Å². The van der Waals surface area contributed by atoms with Crippen LogP contribution in [0, 0.1) is 46.3 Å². The molecule has 0 bridgehead atoms. The van der Waals surface area contributed by atoms with Gasteiger partial charge >= 0.3 is 0 Å². The van der Waals surface area contributed by atoms with Gasteiger partial charge in [0.15, 0.2) is 0 Å². The van der Waals surface area contributed by atoms with Gasteiger partial charge in [-0.1, -0.05) is 52.1 Å². The van der Waals surface area contributed by atoms with E-state index in [4.69, 9.17) is 8.22 Å². The Morgan fingerprint density at radius 2 is 2.03 bits per heavy atom. The fourth-order valence-electron chi connectivity index (χ4n) is 8.47. The lowest BCUT2D eigenvalue weighted by Gasteiger charge is -2.58. The van der Waals surface area contributed by atoms with Gasteiger partial charge in [0, 0.05) is 12.0 Å². The fraction of sp³-hybridized carbons (Fsp3) is 0.926. The fourth-order valence-corrected chi connectivity index (χ4v) is 8.47. The molecular weight excluding hydrogens is 356 g/mol. The molecule has 4 aliphatic carbocycles. The molecule has 0 saturated heterocycles. The number of aliphatic hydroxyl groups is 2. The van der Waals surface area contributed by atoms with Gasteiger partial charge in [-0.05, 0) is 104 Å². The second-order valence-corrected chi connectivity index (χ2v) is 11.3. The highest BCUT2D eigenvalue weighted by molar-refractivity contribution is 5.25. The zero-order valence-corrected chi connectivity index (χ0v) is 18.7. The maximum absolute atomic E-state index is 10.2. The summed E-state index contributed by atoms with van der Waals surface area (Å²) >= 11 is 0. The van der Waals surface area contributed by atoms with Crippen molar-refractivity contribution < 1.29 is 18.4 Å². The molecule has 2 nitrogen and oxygen atoms in total. The minimum absolute atomic E-state index is 0.174. The summed E-state index contributed by atoms with van der Waals surface area (Å²) in [6.45, 7) is 1.25. The Hall–Kier alpha value is -0.340. The summed E-state index contributed by atoms with van der Waals surface area (Å²) in [7, 11) is 0. The van der Waals surface area contributed by atoms with Crippen molar-refractivity contribution in [3.63, 3.8) is 0 Å². The first-order valence-electron chi connectivity index (χ1n) is 15.1. The minimum Gasteiger partial charge on any atom is -0.396 e. The van der Waals surface area contributed by atoms with Crippen molar-refractivity contribution in [3.05, 3.63) is 11.6 Å². The van der Waals surface area contributed by atoms with E-state index in [1.165, 1.54) is 31.3 Å². The summed E-state index contributed by atoms with van der Waals surface area (Å²) < 4.78 is 46.4. The van der Waals surface area contributed by atoms with Gasteiger partial charge in [0.2, 0.25) is 0 Å². The van der Waals surface area contributed by atoms with E-state index in [-0.39, 0.29) is 23.4 Å². The molecule has 0 aliphatic heterocycles. The predicted molar refractivity (Wildman–Crippen MR) is 120 cm³/mol. The molecule has 0 spiro atoms. The SMILES string of the molecule is [2H]C([2H])([2H])C([2H])(CCC[C@@H](C)[C@H]1CC[C@H]2[C@@H]3CC=C4C[C@@H](O)CC[C@]4(C)[C@H]3CC[C@]12C)C([2H])([2H])O. The first-order chi connectivity index (χ1) is 16.0. The van der Waals surface area contributed by atoms with Gasteiger partial charge in [0.25, 0.3) is 0 Å². The first kappa shape index (κ1) is 15.5. The van der Waals surface area contributed by atoms with Gasteiger partial charge in [-0.3, -0.25) is 0 Å². The van der Waals surface area contributed by atoms with Gasteiger partial charge < -0.3 is 10.2 Å². The number of rotatable bonds is 6. The van der Waals surface area contributed by atoms with Gasteiger partial charge in [-0.25, -0.2) is 0 Å². The van der Waals surface area contributed by atoms with Crippen molar-refractivity contribution in [2.75, 3.05) is 6.56 Å². The smallest absolute Gasteiger partial charge is 0.0577 e. The van der Waals surface area contributed by atoms with E-state index in [2.05, 4.69) is 26.8 Å². The lowest BCUT2D eigenvalue weighted by molar-refractivity contribution is -0.0573. The molecular formula is C27H46O2. The Labute approximate surface area is 188 Å². The van der Waals surface area contributed by atoms with E-state index >= 15 is 0 Å². The van der Waals surface area contributed by atoms with E-state index in [0.717, 1.165) is 32.1 Å². The molecule has 0 aromatic heterocycles. The molecule has 0 aromatic carbocycles. The largest absolute Gasteiger partial charge is 0.396 e. The normalized spacial score (nSPS) is 51.3. The van der Waals surface area contributed by atoms with Crippen LogP contribution in [0.15, 0.2) is 11.6 Å². The summed E-state index contributed by atoms with van der Waals surface area (Å²) in [4.78, 5) is 0. The molecule has 0 radical (unpaired) electrons. The van der Waals surface area contributed by atoms with Crippen LogP contribution in [0.3, 0.4) is 0 Å². The van der Waals surface area contributed by atoms with Crippen LogP contribution in [0.1, 0.15) is 106 Å². The van der Waals surface area contributed by atoms with Crippen molar-refractivity contribution in [1.29, 1.82) is 0 Å². The Balaban J connectivity index is 1.43. The van der Waals surface area contributed by atoms with Crippen molar-refractivity contribution in [3.8, 4) is 0 Å². The van der Waals surface area contributed by atoms with Crippen LogP contribution in [0.2, 0.25) is 0 Å². The maximum atomic E-state index is 10.2. The molecule has 2 N–H and O–H groups in total. The zero-order chi connectivity index (χ0) is 26.0. The highest BCUT2D eigenvalue weighted by atomic mass is 16.3. The lowest BCUT2D eigenvalue weighted by atomic mass is 9.47. The molecule has 3 fully saturated rings. The average Bonchev–Trinajstić information content (AvgIpc) is 3.09. The highest BCUT2D eigenvalue weighted by Crippen LogP contribution is 2.67. The summed E-state index contributed by atoms with van der Waals surface area (Å²) in [5.41, 5.74) is 2.01. The van der Waals surface area contributed by atoms with Gasteiger partial charge in [0.05, 0.1) is 8.85 Å². The Morgan fingerprint density at radius 1 is 1.21 bits per heavy atom. The average molecular weight is 409 g/mol. The molecule has 29 heavy (non-hydrogen) atoms. The van der Waals surface area contributed by atoms with Crippen LogP contribution in [0.25, 0.3) is 0 Å². The monoisotopic (exact) mass is 408 g/mol. The summed E-state index contributed by atoms with van der Waals surface area (Å²) in [5, 5.41) is 20.1. The molecule has 1 unspecified atom stereocenters. The van der Waals surface area contributed by atoms with Crippen LogP contribution in [0.4, 0.5) is 0 Å². The molecule has 0 heterocycles. The zero-order valence-electron chi connectivity index (χ0n) is 24.7. The molecule has 2 heteroatoms. The molecule has 4 rings (SSSR count). The van der Waals surface area contributed by atoms with Crippen molar-refractivity contribution in [2.24, 2.45) is 46.3 Å². The van der Waals surface area contributed by atoms with Crippen molar-refractivity contribution in [1.82, 2.24) is 0 Å². The summed E-state index contributed by atoms with van der Waals surface area (Å²) in [6, 6.07) is 0. The van der Waals surface area contributed by atoms with E-state index < -0.39 is 19.3 Å². The molecule has 0 amide bonds. The maximum Gasteiger partial charge on any atom is 0.0577 e. The van der Waals surface area contributed by atoms with Gasteiger partial charge in [0.1, 0.15) is 0 Å². The third kappa shape index (κ3) is 3.75. The minimum atomic E-state index is -3.07. The first-order valence-corrected chi connectivity index (χ1v) is 12.1. The van der Waals surface area contributed by atoms with Crippen LogP contribution < -0.4 is 0 Å². The third-order valence-electron chi connectivity index (χ3n) is 10.1. The second-order valence-electron chi connectivity index (χ2n) is 11.3. The second kappa shape index (κ2) is 8.30. The summed E-state index contributed by atoms with van der Waals surface area (Å²) in [5.74, 6) is 0.528. The number of aliphatic hydroxyl groups excluding tert-OH is 1. The highest BCUT2D eigenvalue weighted by Gasteiger charge is 2.59. The molecule has 4 aliphatic rings. The number of fused-ring (bicyclic) bond motifs is 5. The lowest BCUT2D eigenvalue weighted by Crippen LogP contribution is -2.50. The Morgan fingerprint density at radius 3 is 2.79 bits per heavy atom. The van der Waals surface area contributed by atoms with E-state index in [0.29, 0.717) is 36.0 Å². The van der Waals surface area contributed by atoms with E-state index in [1.54, 1.807) is 0 Å². The third-order valence-corrected chi connectivity index (χ3v) is 10.1. The van der Waals surface area contributed by atoms with Crippen LogP contribution in [-0.2, 0) is 0 Å². The van der Waals surface area contributed by atoms with Gasteiger partial charge in [-0.2, -0.15) is 0 Å². The topological polar surface area (TPSA) is 40.5 Å². The molecule has 0 aromatic rings. The predicted octanol–water partition coefficient (Wildman–Crippen LogP) is 6.36. The molecule has 9 atom stereocenters. The summed E-state index contributed by atoms with van der Waals surface area (Å²) in [6.07, 6.45) is 12.2. The van der Waals surface area contributed by atoms with E-state index in [1.807, 2.05) is 0 Å². The van der Waals surface area contributed by atoms with E-state index in [9.17, 15) is 10.2 Å². The quantitative estimate of drug-likeness (QED) is 0.502. The standard InChI is InChI=1S/C27H46O2/c1-18(17-28)6-5-7-19(2)23-10-11-24-22-9-8-20-16-21(29)12-14-26(20,3)25(22)13-15-27(23,24)4/h8,18-19,21-25,28-29H,5-7,9-17H2,1-4H3/t18?,19-,21+,22+,23-,24+,25+,26+,27-/m1/s1/i1D3,17D2,18D. The van der Waals surface area contributed by atoms with Crippen LogP contribution >= 0.6 is 0 Å². The van der Waals surface area contributed by atoms with Gasteiger partial charge in [-0.15, -0.1) is 0 Å². The van der Waals surface area contributed by atoms with Crippen LogP contribution in [-0.4, -0.2) is 22.9 Å². The number of hydrogen-bond acceptors (Lipinski definition) is 2.